The lowest BCUT2D eigenvalue weighted by atomic mass is 10.0. The molecular formula is C27H34F6N6O3. The Morgan fingerprint density at radius 1 is 0.738 bits per heavy atom. The van der Waals surface area contributed by atoms with Crippen LogP contribution in [0.25, 0.3) is 0 Å². The molecule has 0 aliphatic carbocycles. The number of halogens is 6. The normalized spacial score (nSPS) is 13.4. The van der Waals surface area contributed by atoms with E-state index in [9.17, 15) is 40.7 Å². The summed E-state index contributed by atoms with van der Waals surface area (Å²) in [6.07, 6.45) is -9.86. The maximum atomic E-state index is 13.2. The molecule has 2 atom stereocenters. The molecule has 0 radical (unpaired) electrons. The lowest BCUT2D eigenvalue weighted by molar-refractivity contribution is -0.138. The maximum Gasteiger partial charge on any atom is 0.416 e. The number of carbonyl (C=O) groups is 3. The van der Waals surface area contributed by atoms with Crippen molar-refractivity contribution in [2.75, 3.05) is 39.5 Å². The van der Waals surface area contributed by atoms with Crippen LogP contribution in [0.2, 0.25) is 0 Å². The van der Waals surface area contributed by atoms with E-state index in [0.717, 1.165) is 36.4 Å². The fourth-order valence-electron chi connectivity index (χ4n) is 4.01. The minimum atomic E-state index is -4.67. The van der Waals surface area contributed by atoms with Crippen molar-refractivity contribution in [1.82, 2.24) is 26.6 Å². The molecule has 6 N–H and O–H groups in total. The average molecular weight is 605 g/mol. The Labute approximate surface area is 239 Å². The second-order valence-electron chi connectivity index (χ2n) is 9.45. The first-order chi connectivity index (χ1) is 19.7. The minimum absolute atomic E-state index is 0.203. The number of carbonyl (C=O) groups excluding carboxylic acids is 3. The van der Waals surface area contributed by atoms with Crippen molar-refractivity contribution in [3.8, 4) is 0 Å². The van der Waals surface area contributed by atoms with Gasteiger partial charge in [0.05, 0.1) is 29.6 Å². The first kappa shape index (κ1) is 34.5. The van der Waals surface area contributed by atoms with Gasteiger partial charge in [-0.05, 0) is 57.0 Å². The molecule has 0 saturated carbocycles. The summed E-state index contributed by atoms with van der Waals surface area (Å²) in [6, 6.07) is 4.93. The Morgan fingerprint density at radius 3 is 1.86 bits per heavy atom. The summed E-state index contributed by atoms with van der Waals surface area (Å²) in [7, 11) is 4.84. The topological polar surface area (TPSA) is 123 Å². The van der Waals surface area contributed by atoms with Crippen LogP contribution in [0.4, 0.5) is 32.0 Å². The fourth-order valence-corrected chi connectivity index (χ4v) is 4.01. The van der Waals surface area contributed by atoms with Gasteiger partial charge in [-0.25, -0.2) is 0 Å². The summed E-state index contributed by atoms with van der Waals surface area (Å²) >= 11 is 0. The number of hydrogen-bond donors (Lipinski definition) is 6. The Bertz CT molecular complexity index is 1180. The molecule has 0 heterocycles. The molecule has 2 aromatic rings. The molecule has 0 saturated heterocycles. The predicted octanol–water partition coefficient (Wildman–Crippen LogP) is 2.29. The summed E-state index contributed by atoms with van der Waals surface area (Å²) in [4.78, 5) is 38.9. The van der Waals surface area contributed by atoms with Crippen LogP contribution in [-0.2, 0) is 33.2 Å². The highest BCUT2D eigenvalue weighted by molar-refractivity contribution is 5.98. The Hall–Kier alpha value is -3.69. The fraction of sp³-hybridized carbons (Fsp3) is 0.444. The molecule has 3 amide bonds. The van der Waals surface area contributed by atoms with Crippen LogP contribution in [0.15, 0.2) is 48.5 Å². The molecule has 9 nitrogen and oxygen atoms in total. The standard InChI is InChI=1S/C27H34F6N6O3/c1-34-14-20(15-35-2)37-23(40)13-21(36-3)24(41)39-22(11-16-7-9-17(10-8-16)26(28,29)30)25(42)38-19-6-4-5-18(12-19)27(31,32)33/h4-10,12,20-22,34-36H,11,13-15H2,1-3H3,(H,37,40)(H,38,42)(H,39,41)/t21-,22-/m0/s1. The number of likely N-dealkylation sites (N-methyl/N-ethyl adjacent to an activating group) is 3. The van der Waals surface area contributed by atoms with Crippen LogP contribution >= 0.6 is 0 Å². The molecule has 232 valence electrons. The van der Waals surface area contributed by atoms with Crippen molar-refractivity contribution >= 4 is 23.4 Å². The third-order valence-electron chi connectivity index (χ3n) is 6.13. The van der Waals surface area contributed by atoms with E-state index in [0.29, 0.717) is 19.2 Å². The van der Waals surface area contributed by atoms with Gasteiger partial charge in [0.2, 0.25) is 17.7 Å². The molecule has 0 unspecified atom stereocenters. The van der Waals surface area contributed by atoms with E-state index in [4.69, 9.17) is 0 Å². The number of anilines is 1. The summed E-state index contributed by atoms with van der Waals surface area (Å²) in [5.41, 5.74) is -1.89. The van der Waals surface area contributed by atoms with Crippen LogP contribution in [0, 0.1) is 0 Å². The molecule has 42 heavy (non-hydrogen) atoms. The van der Waals surface area contributed by atoms with Crippen molar-refractivity contribution in [2.45, 2.75) is 43.3 Å². The zero-order valence-electron chi connectivity index (χ0n) is 23.2. The molecule has 15 heteroatoms. The van der Waals surface area contributed by atoms with E-state index < -0.39 is 53.3 Å². The van der Waals surface area contributed by atoms with Crippen LogP contribution in [0.3, 0.4) is 0 Å². The number of rotatable bonds is 14. The van der Waals surface area contributed by atoms with Crippen molar-refractivity contribution in [2.24, 2.45) is 0 Å². The highest BCUT2D eigenvalue weighted by Crippen LogP contribution is 2.31. The monoisotopic (exact) mass is 604 g/mol. The van der Waals surface area contributed by atoms with Gasteiger partial charge in [0.1, 0.15) is 6.04 Å². The zero-order valence-corrected chi connectivity index (χ0v) is 23.2. The van der Waals surface area contributed by atoms with E-state index in [1.165, 1.54) is 13.1 Å². The van der Waals surface area contributed by atoms with Crippen molar-refractivity contribution in [1.29, 1.82) is 0 Å². The molecule has 2 aromatic carbocycles. The van der Waals surface area contributed by atoms with Gasteiger partial charge < -0.3 is 31.9 Å². The van der Waals surface area contributed by atoms with Gasteiger partial charge in [0.15, 0.2) is 0 Å². The van der Waals surface area contributed by atoms with Crippen LogP contribution in [-0.4, -0.2) is 70.1 Å². The van der Waals surface area contributed by atoms with Gasteiger partial charge in [-0.1, -0.05) is 18.2 Å². The summed E-state index contributed by atoms with van der Waals surface area (Å²) < 4.78 is 78.4. The largest absolute Gasteiger partial charge is 0.416 e. The van der Waals surface area contributed by atoms with Gasteiger partial charge >= 0.3 is 12.4 Å². The van der Waals surface area contributed by atoms with Crippen LogP contribution < -0.4 is 31.9 Å². The van der Waals surface area contributed by atoms with Crippen LogP contribution in [0.5, 0.6) is 0 Å². The minimum Gasteiger partial charge on any atom is -0.351 e. The number of hydrogen-bond acceptors (Lipinski definition) is 6. The van der Waals surface area contributed by atoms with E-state index in [2.05, 4.69) is 31.9 Å². The Morgan fingerprint density at radius 2 is 1.33 bits per heavy atom. The van der Waals surface area contributed by atoms with Gasteiger partial charge in [0, 0.05) is 25.2 Å². The molecule has 0 fully saturated rings. The number of benzene rings is 2. The van der Waals surface area contributed by atoms with Crippen molar-refractivity contribution in [3.63, 3.8) is 0 Å². The van der Waals surface area contributed by atoms with Crippen LogP contribution in [0.1, 0.15) is 23.1 Å². The van der Waals surface area contributed by atoms with Gasteiger partial charge in [-0.15, -0.1) is 0 Å². The highest BCUT2D eigenvalue weighted by atomic mass is 19.4. The second-order valence-corrected chi connectivity index (χ2v) is 9.45. The molecule has 0 bridgehead atoms. The van der Waals surface area contributed by atoms with Crippen molar-refractivity contribution in [3.05, 3.63) is 65.2 Å². The summed E-state index contributed by atoms with van der Waals surface area (Å²) in [5.74, 6) is -2.15. The highest BCUT2D eigenvalue weighted by Gasteiger charge is 2.32. The quantitative estimate of drug-likeness (QED) is 0.184. The predicted molar refractivity (Wildman–Crippen MR) is 144 cm³/mol. The third-order valence-corrected chi connectivity index (χ3v) is 6.13. The first-order valence-corrected chi connectivity index (χ1v) is 12.9. The van der Waals surface area contributed by atoms with E-state index in [1.807, 2.05) is 0 Å². The second kappa shape index (κ2) is 15.5. The van der Waals surface area contributed by atoms with Crippen molar-refractivity contribution < 1.29 is 40.7 Å². The van der Waals surface area contributed by atoms with E-state index in [1.54, 1.807) is 14.1 Å². The van der Waals surface area contributed by atoms with E-state index >= 15 is 0 Å². The first-order valence-electron chi connectivity index (χ1n) is 12.9. The molecule has 0 aromatic heterocycles. The van der Waals surface area contributed by atoms with Gasteiger partial charge in [-0.2, -0.15) is 26.3 Å². The molecular weight excluding hydrogens is 570 g/mol. The lowest BCUT2D eigenvalue weighted by Crippen LogP contribution is -2.54. The molecule has 2 rings (SSSR count). The molecule has 0 aliphatic heterocycles. The van der Waals surface area contributed by atoms with Gasteiger partial charge in [-0.3, -0.25) is 14.4 Å². The maximum absolute atomic E-state index is 13.2. The Balaban J connectivity index is 2.25. The third kappa shape index (κ3) is 10.9. The Kier molecular flexibility index (Phi) is 12.7. The average Bonchev–Trinajstić information content (AvgIpc) is 2.91. The number of amides is 3. The molecule has 0 spiro atoms. The smallest absolute Gasteiger partial charge is 0.351 e. The summed E-state index contributed by atoms with van der Waals surface area (Å²) in [5, 5.41) is 16.1. The molecule has 0 aliphatic rings. The van der Waals surface area contributed by atoms with Gasteiger partial charge in [0.25, 0.3) is 0 Å². The van der Waals surface area contributed by atoms with E-state index in [-0.39, 0.29) is 30.1 Å². The lowest BCUT2D eigenvalue weighted by Gasteiger charge is -2.24. The SMILES string of the molecule is CNCC(CNC)NC(=O)C[C@H](NC)C(=O)N[C@@H](Cc1ccc(C(F)(F)F)cc1)C(=O)Nc1cccc(C(F)(F)F)c1. The zero-order chi connectivity index (χ0) is 31.5. The number of nitrogens with one attached hydrogen (secondary N) is 6. The number of alkyl halides is 6. The summed E-state index contributed by atoms with van der Waals surface area (Å²) in [6.45, 7) is 0.905.